The van der Waals surface area contributed by atoms with Crippen molar-refractivity contribution in [1.29, 1.82) is 0 Å². The van der Waals surface area contributed by atoms with Crippen molar-refractivity contribution in [1.82, 2.24) is 0 Å². The predicted octanol–water partition coefficient (Wildman–Crippen LogP) is 5.30. The van der Waals surface area contributed by atoms with E-state index >= 15 is 0 Å². The standard InChI is InChI=1S/C18H19ClFNO/c1-11(2)17(22)10-13-9-12(3)7-8-16(13)21-18-14(19)5-4-6-15(18)20/h4-9,11,21H,10H2,1-3H3. The van der Waals surface area contributed by atoms with Crippen LogP contribution in [-0.2, 0) is 11.2 Å². The largest absolute Gasteiger partial charge is 0.352 e. The van der Waals surface area contributed by atoms with Crippen LogP contribution < -0.4 is 5.32 Å². The van der Waals surface area contributed by atoms with E-state index in [1.54, 1.807) is 12.1 Å². The number of hydrogen-bond donors (Lipinski definition) is 1. The van der Waals surface area contributed by atoms with E-state index < -0.39 is 5.82 Å². The number of carbonyl (C=O) groups is 1. The van der Waals surface area contributed by atoms with Crippen LogP contribution in [0.2, 0.25) is 5.02 Å². The number of rotatable bonds is 5. The third-order valence-electron chi connectivity index (χ3n) is 3.49. The fourth-order valence-corrected chi connectivity index (χ4v) is 2.34. The summed E-state index contributed by atoms with van der Waals surface area (Å²) in [7, 11) is 0. The number of halogens is 2. The van der Waals surface area contributed by atoms with Gasteiger partial charge in [0, 0.05) is 18.0 Å². The Balaban J connectivity index is 2.37. The van der Waals surface area contributed by atoms with Gasteiger partial charge in [0.2, 0.25) is 0 Å². The molecule has 0 aromatic heterocycles. The number of nitrogens with one attached hydrogen (secondary N) is 1. The van der Waals surface area contributed by atoms with E-state index in [1.807, 2.05) is 39.0 Å². The minimum absolute atomic E-state index is 0.0367. The van der Waals surface area contributed by atoms with Gasteiger partial charge in [0.1, 0.15) is 11.6 Å². The van der Waals surface area contributed by atoms with Gasteiger partial charge in [0.05, 0.1) is 10.7 Å². The summed E-state index contributed by atoms with van der Waals surface area (Å²) in [6.45, 7) is 5.71. The average Bonchev–Trinajstić information content (AvgIpc) is 2.45. The van der Waals surface area contributed by atoms with Gasteiger partial charge in [-0.25, -0.2) is 4.39 Å². The van der Waals surface area contributed by atoms with Gasteiger partial charge in [-0.15, -0.1) is 0 Å². The van der Waals surface area contributed by atoms with E-state index in [4.69, 9.17) is 11.6 Å². The van der Waals surface area contributed by atoms with Gasteiger partial charge in [0.15, 0.2) is 0 Å². The summed E-state index contributed by atoms with van der Waals surface area (Å²) >= 11 is 6.05. The smallest absolute Gasteiger partial charge is 0.148 e. The maximum atomic E-state index is 13.9. The van der Waals surface area contributed by atoms with Crippen molar-refractivity contribution in [2.75, 3.05) is 5.32 Å². The van der Waals surface area contributed by atoms with Crippen LogP contribution in [0.1, 0.15) is 25.0 Å². The van der Waals surface area contributed by atoms with Gasteiger partial charge in [-0.2, -0.15) is 0 Å². The number of aryl methyl sites for hydroxylation is 1. The third kappa shape index (κ3) is 3.86. The van der Waals surface area contributed by atoms with Crippen molar-refractivity contribution in [3.05, 3.63) is 58.4 Å². The lowest BCUT2D eigenvalue weighted by atomic mass is 9.98. The lowest BCUT2D eigenvalue weighted by molar-refractivity contribution is -0.121. The molecule has 0 aliphatic rings. The molecule has 0 fully saturated rings. The fourth-order valence-electron chi connectivity index (χ4n) is 2.13. The number of carbonyl (C=O) groups excluding carboxylic acids is 1. The molecule has 22 heavy (non-hydrogen) atoms. The maximum Gasteiger partial charge on any atom is 0.148 e. The molecule has 0 bridgehead atoms. The molecule has 2 aromatic rings. The van der Waals surface area contributed by atoms with Gasteiger partial charge in [-0.3, -0.25) is 4.79 Å². The van der Waals surface area contributed by atoms with Crippen LogP contribution in [0.5, 0.6) is 0 Å². The van der Waals surface area contributed by atoms with Gasteiger partial charge < -0.3 is 5.32 Å². The summed E-state index contributed by atoms with van der Waals surface area (Å²) in [4.78, 5) is 12.0. The van der Waals surface area contributed by atoms with Gasteiger partial charge in [0.25, 0.3) is 0 Å². The van der Waals surface area contributed by atoms with Crippen molar-refractivity contribution >= 4 is 28.8 Å². The molecule has 2 rings (SSSR count). The van der Waals surface area contributed by atoms with Crippen molar-refractivity contribution in [3.63, 3.8) is 0 Å². The zero-order valence-electron chi connectivity index (χ0n) is 12.9. The Labute approximate surface area is 135 Å². The second-order valence-electron chi connectivity index (χ2n) is 5.68. The Bertz CT molecular complexity index is 677. The molecule has 0 radical (unpaired) electrons. The molecule has 2 aromatic carbocycles. The SMILES string of the molecule is Cc1ccc(Nc2c(F)cccc2Cl)c(CC(=O)C(C)C)c1. The number of Topliss-reactive ketones (excluding diaryl/α,β-unsaturated/α-hetero) is 1. The van der Waals surface area contributed by atoms with E-state index in [1.165, 1.54) is 6.07 Å². The van der Waals surface area contributed by atoms with Crippen molar-refractivity contribution in [3.8, 4) is 0 Å². The minimum Gasteiger partial charge on any atom is -0.352 e. The maximum absolute atomic E-state index is 13.9. The molecule has 0 atom stereocenters. The molecule has 116 valence electrons. The number of hydrogen-bond acceptors (Lipinski definition) is 2. The summed E-state index contributed by atoms with van der Waals surface area (Å²) < 4.78 is 13.9. The van der Waals surface area contributed by atoms with Crippen LogP contribution in [0, 0.1) is 18.7 Å². The van der Waals surface area contributed by atoms with Crippen LogP contribution in [0.3, 0.4) is 0 Å². The monoisotopic (exact) mass is 319 g/mol. The van der Waals surface area contributed by atoms with Crippen LogP contribution in [0.25, 0.3) is 0 Å². The summed E-state index contributed by atoms with van der Waals surface area (Å²) in [6.07, 6.45) is 0.313. The molecule has 2 nitrogen and oxygen atoms in total. The molecule has 0 aliphatic heterocycles. The van der Waals surface area contributed by atoms with E-state index in [0.29, 0.717) is 17.1 Å². The fraction of sp³-hybridized carbons (Fsp3) is 0.278. The molecule has 0 spiro atoms. The predicted molar refractivity (Wildman–Crippen MR) is 89.4 cm³/mol. The minimum atomic E-state index is -0.422. The normalized spacial score (nSPS) is 10.8. The highest BCUT2D eigenvalue weighted by molar-refractivity contribution is 6.33. The Morgan fingerprint density at radius 1 is 1.27 bits per heavy atom. The number of benzene rings is 2. The molecular formula is C18H19ClFNO. The Kier molecular flexibility index (Phi) is 5.19. The van der Waals surface area contributed by atoms with Gasteiger partial charge in [-0.05, 0) is 30.7 Å². The van der Waals surface area contributed by atoms with Crippen LogP contribution in [0.15, 0.2) is 36.4 Å². The third-order valence-corrected chi connectivity index (χ3v) is 3.81. The van der Waals surface area contributed by atoms with E-state index in [9.17, 15) is 9.18 Å². The number of ketones is 1. The first-order chi connectivity index (χ1) is 10.4. The van der Waals surface area contributed by atoms with Crippen LogP contribution in [-0.4, -0.2) is 5.78 Å². The first-order valence-corrected chi connectivity index (χ1v) is 7.59. The lowest BCUT2D eigenvalue weighted by Gasteiger charge is -2.15. The molecule has 0 amide bonds. The van der Waals surface area contributed by atoms with E-state index in [2.05, 4.69) is 5.32 Å². The quantitative estimate of drug-likeness (QED) is 0.810. The highest BCUT2D eigenvalue weighted by atomic mass is 35.5. The molecule has 0 unspecified atom stereocenters. The Morgan fingerprint density at radius 2 is 2.00 bits per heavy atom. The van der Waals surface area contributed by atoms with Crippen molar-refractivity contribution in [2.45, 2.75) is 27.2 Å². The van der Waals surface area contributed by atoms with Crippen LogP contribution >= 0.6 is 11.6 Å². The lowest BCUT2D eigenvalue weighted by Crippen LogP contribution is -2.12. The molecule has 1 N–H and O–H groups in total. The van der Waals surface area contributed by atoms with Crippen molar-refractivity contribution < 1.29 is 9.18 Å². The second-order valence-corrected chi connectivity index (χ2v) is 6.09. The van der Waals surface area contributed by atoms with Crippen LogP contribution in [0.4, 0.5) is 15.8 Å². The summed E-state index contributed by atoms with van der Waals surface area (Å²) in [5, 5.41) is 3.33. The average molecular weight is 320 g/mol. The highest BCUT2D eigenvalue weighted by Crippen LogP contribution is 2.30. The summed E-state index contributed by atoms with van der Waals surface area (Å²) in [5.41, 5.74) is 2.83. The molecule has 0 heterocycles. The molecule has 0 saturated carbocycles. The second kappa shape index (κ2) is 6.93. The molecule has 0 aliphatic carbocycles. The first kappa shape index (κ1) is 16.5. The molecular weight excluding hydrogens is 301 g/mol. The molecule has 4 heteroatoms. The van der Waals surface area contributed by atoms with Gasteiger partial charge in [-0.1, -0.05) is 49.2 Å². The number of para-hydroxylation sites is 1. The summed E-state index contributed by atoms with van der Waals surface area (Å²) in [6, 6.07) is 10.2. The zero-order valence-corrected chi connectivity index (χ0v) is 13.7. The topological polar surface area (TPSA) is 29.1 Å². The van der Waals surface area contributed by atoms with Crippen molar-refractivity contribution in [2.24, 2.45) is 5.92 Å². The first-order valence-electron chi connectivity index (χ1n) is 7.21. The summed E-state index contributed by atoms with van der Waals surface area (Å²) in [5.74, 6) is -0.312. The van der Waals surface area contributed by atoms with Gasteiger partial charge >= 0.3 is 0 Å². The molecule has 0 saturated heterocycles. The Hall–Kier alpha value is -1.87. The van der Waals surface area contributed by atoms with E-state index in [0.717, 1.165) is 11.1 Å². The van der Waals surface area contributed by atoms with E-state index in [-0.39, 0.29) is 17.4 Å². The number of anilines is 2. The highest BCUT2D eigenvalue weighted by Gasteiger charge is 2.14. The zero-order chi connectivity index (χ0) is 16.3. The Morgan fingerprint density at radius 3 is 2.64 bits per heavy atom.